The molecule has 2 N–H and O–H groups in total. The van der Waals surface area contributed by atoms with Crippen molar-refractivity contribution in [1.29, 1.82) is 0 Å². The molecular weight excluding hydrogens is 210 g/mol. The smallest absolute Gasteiger partial charge is 0.131 e. The van der Waals surface area contributed by atoms with Gasteiger partial charge in [-0.2, -0.15) is 0 Å². The zero-order chi connectivity index (χ0) is 11.1. The summed E-state index contributed by atoms with van der Waals surface area (Å²) < 4.78 is 5.00. The molecule has 0 atom stereocenters. The molecule has 0 saturated carbocycles. The van der Waals surface area contributed by atoms with Crippen molar-refractivity contribution in [2.24, 2.45) is 0 Å². The molecule has 5 heteroatoms. The fourth-order valence-electron chi connectivity index (χ4n) is 1.24. The number of ether oxygens (including phenoxy) is 1. The fourth-order valence-corrected chi connectivity index (χ4v) is 2.19. The lowest BCUT2D eigenvalue weighted by atomic mass is 10.2. The molecule has 0 aliphatic carbocycles. The van der Waals surface area contributed by atoms with Crippen LogP contribution in [0, 0.1) is 0 Å². The fraction of sp³-hybridized carbons (Fsp3) is 0.600. The number of rotatable bonds is 6. The number of nitrogens with two attached hydrogens (primary N) is 1. The van der Waals surface area contributed by atoms with Crippen molar-refractivity contribution in [3.8, 4) is 0 Å². The highest BCUT2D eigenvalue weighted by atomic mass is 32.2. The molecule has 84 valence electrons. The minimum absolute atomic E-state index is 0.603. The van der Waals surface area contributed by atoms with Gasteiger partial charge < -0.3 is 10.5 Å². The second kappa shape index (κ2) is 6.63. The summed E-state index contributed by atoms with van der Waals surface area (Å²) in [7, 11) is 1.70. The van der Waals surface area contributed by atoms with Gasteiger partial charge >= 0.3 is 0 Å². The first-order valence-electron chi connectivity index (χ1n) is 5.00. The summed E-state index contributed by atoms with van der Waals surface area (Å²) in [5.74, 6) is 1.50. The van der Waals surface area contributed by atoms with Gasteiger partial charge in [-0.05, 0) is 6.42 Å². The highest BCUT2D eigenvalue weighted by Gasteiger charge is 2.08. The molecule has 1 aromatic rings. The third-order valence-corrected chi connectivity index (χ3v) is 2.96. The van der Waals surface area contributed by atoms with Crippen LogP contribution in [0.15, 0.2) is 11.4 Å². The Bertz CT molecular complexity index is 307. The second-order valence-corrected chi connectivity index (χ2v) is 4.22. The van der Waals surface area contributed by atoms with Crippen LogP contribution >= 0.6 is 11.8 Å². The van der Waals surface area contributed by atoms with Gasteiger partial charge in [-0.15, -0.1) is 11.8 Å². The SMILES string of the molecule is CCCc1c(N)ncnc1SCCOC. The van der Waals surface area contributed by atoms with E-state index in [0.29, 0.717) is 5.82 Å². The van der Waals surface area contributed by atoms with Gasteiger partial charge in [0.25, 0.3) is 0 Å². The first-order valence-corrected chi connectivity index (χ1v) is 5.99. The van der Waals surface area contributed by atoms with Crippen molar-refractivity contribution >= 4 is 17.6 Å². The number of hydrogen-bond donors (Lipinski definition) is 1. The second-order valence-electron chi connectivity index (χ2n) is 3.13. The molecule has 0 radical (unpaired) electrons. The molecule has 0 aliphatic rings. The Morgan fingerprint density at radius 1 is 1.47 bits per heavy atom. The van der Waals surface area contributed by atoms with E-state index in [4.69, 9.17) is 10.5 Å². The van der Waals surface area contributed by atoms with E-state index in [9.17, 15) is 0 Å². The third kappa shape index (κ3) is 3.68. The highest BCUT2D eigenvalue weighted by Crippen LogP contribution is 2.24. The number of thioether (sulfide) groups is 1. The summed E-state index contributed by atoms with van der Waals surface area (Å²) in [4.78, 5) is 8.25. The molecule has 1 heterocycles. The molecule has 0 aliphatic heterocycles. The van der Waals surface area contributed by atoms with Gasteiger partial charge in [0, 0.05) is 18.4 Å². The number of hydrogen-bond acceptors (Lipinski definition) is 5. The van der Waals surface area contributed by atoms with Crippen molar-refractivity contribution < 1.29 is 4.74 Å². The lowest BCUT2D eigenvalue weighted by Crippen LogP contribution is -2.02. The summed E-state index contributed by atoms with van der Waals surface area (Å²) in [5, 5.41) is 0.987. The molecular formula is C10H17N3OS. The van der Waals surface area contributed by atoms with Gasteiger partial charge in [0.05, 0.1) is 6.61 Å². The number of nitrogens with zero attached hydrogens (tertiary/aromatic N) is 2. The Balaban J connectivity index is 2.71. The van der Waals surface area contributed by atoms with Gasteiger partial charge in [-0.3, -0.25) is 0 Å². The predicted molar refractivity (Wildman–Crippen MR) is 63.0 cm³/mol. The summed E-state index contributed by atoms with van der Waals surface area (Å²) in [6.45, 7) is 2.84. The molecule has 0 aromatic carbocycles. The van der Waals surface area contributed by atoms with Crippen molar-refractivity contribution in [1.82, 2.24) is 9.97 Å². The standard InChI is InChI=1S/C10H17N3OS/c1-3-4-8-9(11)12-7-13-10(8)15-6-5-14-2/h7H,3-6H2,1-2H3,(H2,11,12,13). The average Bonchev–Trinajstić information content (AvgIpc) is 2.23. The van der Waals surface area contributed by atoms with Crippen LogP contribution in [0.5, 0.6) is 0 Å². The molecule has 0 spiro atoms. The van der Waals surface area contributed by atoms with Crippen LogP contribution < -0.4 is 5.73 Å². The molecule has 0 bridgehead atoms. The molecule has 0 unspecified atom stereocenters. The van der Waals surface area contributed by atoms with Crippen LogP contribution in [0.3, 0.4) is 0 Å². The lowest BCUT2D eigenvalue weighted by Gasteiger charge is -2.08. The van der Waals surface area contributed by atoms with E-state index in [1.807, 2.05) is 0 Å². The normalized spacial score (nSPS) is 10.5. The summed E-state index contributed by atoms with van der Waals surface area (Å²) >= 11 is 1.67. The van der Waals surface area contributed by atoms with Gasteiger partial charge in [-0.25, -0.2) is 9.97 Å². The molecule has 15 heavy (non-hydrogen) atoms. The molecule has 0 amide bonds. The minimum atomic E-state index is 0.603. The average molecular weight is 227 g/mol. The largest absolute Gasteiger partial charge is 0.384 e. The maximum Gasteiger partial charge on any atom is 0.131 e. The Hall–Kier alpha value is -0.810. The van der Waals surface area contributed by atoms with Gasteiger partial charge in [0.1, 0.15) is 17.2 Å². The summed E-state index contributed by atoms with van der Waals surface area (Å²) in [6, 6.07) is 0. The van der Waals surface area contributed by atoms with E-state index in [-0.39, 0.29) is 0 Å². The lowest BCUT2D eigenvalue weighted by molar-refractivity contribution is 0.218. The van der Waals surface area contributed by atoms with Crippen molar-refractivity contribution in [2.75, 3.05) is 25.2 Å². The first-order chi connectivity index (χ1) is 7.29. The topological polar surface area (TPSA) is 61.0 Å². The Kier molecular flexibility index (Phi) is 5.42. The van der Waals surface area contributed by atoms with Crippen LogP contribution in [0.4, 0.5) is 5.82 Å². The maximum atomic E-state index is 5.82. The minimum Gasteiger partial charge on any atom is -0.384 e. The molecule has 0 saturated heterocycles. The molecule has 4 nitrogen and oxygen atoms in total. The van der Waals surface area contributed by atoms with Gasteiger partial charge in [-0.1, -0.05) is 13.3 Å². The third-order valence-electron chi connectivity index (χ3n) is 1.97. The van der Waals surface area contributed by atoms with Crippen LogP contribution in [0.25, 0.3) is 0 Å². The molecule has 0 fully saturated rings. The zero-order valence-electron chi connectivity index (χ0n) is 9.19. The van der Waals surface area contributed by atoms with Crippen molar-refractivity contribution in [2.45, 2.75) is 24.8 Å². The van der Waals surface area contributed by atoms with Crippen LogP contribution in [-0.4, -0.2) is 29.4 Å². The highest BCUT2D eigenvalue weighted by molar-refractivity contribution is 7.99. The zero-order valence-corrected chi connectivity index (χ0v) is 10.0. The van der Waals surface area contributed by atoms with Gasteiger partial charge in [0.15, 0.2) is 0 Å². The maximum absolute atomic E-state index is 5.82. The van der Waals surface area contributed by atoms with E-state index in [2.05, 4.69) is 16.9 Å². The predicted octanol–water partition coefficient (Wildman–Crippen LogP) is 1.75. The Labute approximate surface area is 94.6 Å². The van der Waals surface area contributed by atoms with Crippen molar-refractivity contribution in [3.05, 3.63) is 11.9 Å². The number of anilines is 1. The van der Waals surface area contributed by atoms with E-state index >= 15 is 0 Å². The number of methoxy groups -OCH3 is 1. The Morgan fingerprint density at radius 3 is 2.93 bits per heavy atom. The quantitative estimate of drug-likeness (QED) is 0.456. The molecule has 1 rings (SSSR count). The van der Waals surface area contributed by atoms with Gasteiger partial charge in [0.2, 0.25) is 0 Å². The van der Waals surface area contributed by atoms with Crippen LogP contribution in [-0.2, 0) is 11.2 Å². The summed E-state index contributed by atoms with van der Waals surface area (Å²) in [5.41, 5.74) is 6.89. The summed E-state index contributed by atoms with van der Waals surface area (Å²) in [6.07, 6.45) is 3.50. The first kappa shape index (κ1) is 12.3. The monoisotopic (exact) mass is 227 g/mol. The van der Waals surface area contributed by atoms with Crippen LogP contribution in [0.2, 0.25) is 0 Å². The van der Waals surface area contributed by atoms with E-state index in [0.717, 1.165) is 35.8 Å². The number of aromatic nitrogens is 2. The van der Waals surface area contributed by atoms with E-state index < -0.39 is 0 Å². The Morgan fingerprint density at radius 2 is 2.27 bits per heavy atom. The van der Waals surface area contributed by atoms with E-state index in [1.54, 1.807) is 18.9 Å². The van der Waals surface area contributed by atoms with Crippen LogP contribution in [0.1, 0.15) is 18.9 Å². The van der Waals surface area contributed by atoms with Crippen molar-refractivity contribution in [3.63, 3.8) is 0 Å². The number of nitrogen functional groups attached to an aromatic ring is 1. The molecule has 1 aromatic heterocycles. The van der Waals surface area contributed by atoms with E-state index in [1.165, 1.54) is 6.33 Å².